The highest BCUT2D eigenvalue weighted by Crippen LogP contribution is 2.20. The molecule has 0 saturated carbocycles. The van der Waals surface area contributed by atoms with Crippen molar-refractivity contribution in [1.29, 1.82) is 0 Å². The lowest BCUT2D eigenvalue weighted by Crippen LogP contribution is -2.37. The molecule has 25 heavy (non-hydrogen) atoms. The van der Waals surface area contributed by atoms with Gasteiger partial charge in [0.25, 0.3) is 0 Å². The first-order valence-corrected chi connectivity index (χ1v) is 8.71. The van der Waals surface area contributed by atoms with Crippen LogP contribution >= 0.6 is 0 Å². The van der Waals surface area contributed by atoms with Crippen LogP contribution in [0.3, 0.4) is 0 Å². The van der Waals surface area contributed by atoms with Gasteiger partial charge in [0, 0.05) is 19.4 Å². The normalized spacial score (nSPS) is 16.8. The molecule has 1 amide bonds. The number of H-pyrrole nitrogens is 1. The number of amides is 1. The molecule has 0 spiro atoms. The molecule has 2 N–H and O–H groups in total. The van der Waals surface area contributed by atoms with E-state index >= 15 is 0 Å². The third-order valence-electron chi connectivity index (χ3n) is 5.06. The highest BCUT2D eigenvalue weighted by Gasteiger charge is 2.25. The van der Waals surface area contributed by atoms with Crippen LogP contribution < -0.4 is 5.32 Å². The van der Waals surface area contributed by atoms with E-state index in [1.165, 1.54) is 11.1 Å². The standard InChI is InChI=1S/C18H22N6O/c1-11-3-5-14-17(12(11)2)23-15(22-14)7-8-19-18(25)13-4-6-16-20-10-21-24(16)9-13/h3,5,10,13H,4,6-9H2,1-2H3,(H,19,25)(H,22,23). The maximum atomic E-state index is 12.4. The zero-order valence-corrected chi connectivity index (χ0v) is 14.5. The molecule has 0 radical (unpaired) electrons. The van der Waals surface area contributed by atoms with E-state index in [4.69, 9.17) is 0 Å². The average molecular weight is 338 g/mol. The fraction of sp³-hybridized carbons (Fsp3) is 0.444. The van der Waals surface area contributed by atoms with Gasteiger partial charge in [0.05, 0.1) is 23.5 Å². The summed E-state index contributed by atoms with van der Waals surface area (Å²) in [7, 11) is 0. The number of hydrogen-bond donors (Lipinski definition) is 2. The van der Waals surface area contributed by atoms with E-state index in [1.54, 1.807) is 6.33 Å². The fourth-order valence-electron chi connectivity index (χ4n) is 3.38. The number of carbonyl (C=O) groups excluding carboxylic acids is 1. The molecule has 0 aliphatic carbocycles. The number of benzene rings is 1. The molecule has 1 aliphatic heterocycles. The number of rotatable bonds is 4. The van der Waals surface area contributed by atoms with Gasteiger partial charge in [-0.25, -0.2) is 14.6 Å². The third-order valence-corrected chi connectivity index (χ3v) is 5.06. The second kappa shape index (κ2) is 6.31. The topological polar surface area (TPSA) is 88.5 Å². The number of nitrogens with zero attached hydrogens (tertiary/aromatic N) is 4. The van der Waals surface area contributed by atoms with Crippen LogP contribution in [0.15, 0.2) is 18.5 Å². The first-order chi connectivity index (χ1) is 12.1. The van der Waals surface area contributed by atoms with Gasteiger partial charge in [-0.05, 0) is 37.5 Å². The van der Waals surface area contributed by atoms with Gasteiger partial charge in [-0.1, -0.05) is 6.07 Å². The van der Waals surface area contributed by atoms with E-state index < -0.39 is 0 Å². The Bertz CT molecular complexity index is 925. The van der Waals surface area contributed by atoms with Crippen LogP contribution in [0.4, 0.5) is 0 Å². The fourth-order valence-corrected chi connectivity index (χ4v) is 3.38. The number of aryl methyl sites for hydroxylation is 3. The Morgan fingerprint density at radius 1 is 1.40 bits per heavy atom. The van der Waals surface area contributed by atoms with Crippen LogP contribution in [0.2, 0.25) is 0 Å². The Balaban J connectivity index is 1.35. The third kappa shape index (κ3) is 3.01. The Labute approximate surface area is 145 Å². The maximum absolute atomic E-state index is 12.4. The smallest absolute Gasteiger partial charge is 0.225 e. The Kier molecular flexibility index (Phi) is 3.99. The molecule has 1 atom stereocenters. The van der Waals surface area contributed by atoms with Crippen LogP contribution in [0, 0.1) is 19.8 Å². The molecule has 0 saturated heterocycles. The molecular formula is C18H22N6O. The lowest BCUT2D eigenvalue weighted by molar-refractivity contribution is -0.126. The first-order valence-electron chi connectivity index (χ1n) is 8.71. The van der Waals surface area contributed by atoms with Crippen LogP contribution in [0.25, 0.3) is 11.0 Å². The van der Waals surface area contributed by atoms with Crippen LogP contribution in [0.1, 0.15) is 29.2 Å². The molecule has 0 bridgehead atoms. The van der Waals surface area contributed by atoms with Crippen molar-refractivity contribution in [3.63, 3.8) is 0 Å². The van der Waals surface area contributed by atoms with Crippen molar-refractivity contribution in [2.75, 3.05) is 6.54 Å². The zero-order valence-electron chi connectivity index (χ0n) is 14.5. The monoisotopic (exact) mass is 338 g/mol. The number of aromatic amines is 1. The summed E-state index contributed by atoms with van der Waals surface area (Å²) in [6.07, 6.45) is 3.88. The van der Waals surface area contributed by atoms with Crippen LogP contribution in [0.5, 0.6) is 0 Å². The van der Waals surface area contributed by atoms with Crippen molar-refractivity contribution >= 4 is 16.9 Å². The summed E-state index contributed by atoms with van der Waals surface area (Å²) >= 11 is 0. The van der Waals surface area contributed by atoms with Gasteiger partial charge in [0.15, 0.2) is 0 Å². The van der Waals surface area contributed by atoms with Crippen LogP contribution in [-0.4, -0.2) is 37.2 Å². The predicted octanol–water partition coefficient (Wildman–Crippen LogP) is 1.69. The zero-order chi connectivity index (χ0) is 17.4. The molecule has 0 fully saturated rings. The SMILES string of the molecule is Cc1ccc2[nH]c(CCNC(=O)C3CCc4ncnn4C3)nc2c1C. The summed E-state index contributed by atoms with van der Waals surface area (Å²) in [5.74, 6) is 1.93. The van der Waals surface area contributed by atoms with Crippen molar-refractivity contribution in [3.05, 3.63) is 41.2 Å². The number of hydrogen-bond acceptors (Lipinski definition) is 4. The number of nitrogens with one attached hydrogen (secondary N) is 2. The van der Waals surface area contributed by atoms with Crippen LogP contribution in [-0.2, 0) is 24.2 Å². The summed E-state index contributed by atoms with van der Waals surface area (Å²) in [5.41, 5.74) is 4.52. The van der Waals surface area contributed by atoms with Gasteiger partial charge in [-0.2, -0.15) is 5.10 Å². The minimum absolute atomic E-state index is 0.0326. The highest BCUT2D eigenvalue weighted by atomic mass is 16.1. The minimum Gasteiger partial charge on any atom is -0.355 e. The van der Waals surface area contributed by atoms with Gasteiger partial charge in [-0.3, -0.25) is 4.79 Å². The Hall–Kier alpha value is -2.70. The van der Waals surface area contributed by atoms with E-state index in [1.807, 2.05) is 4.68 Å². The lowest BCUT2D eigenvalue weighted by Gasteiger charge is -2.21. The van der Waals surface area contributed by atoms with E-state index in [9.17, 15) is 4.79 Å². The van der Waals surface area contributed by atoms with E-state index in [0.29, 0.717) is 19.5 Å². The predicted molar refractivity (Wildman–Crippen MR) is 94.1 cm³/mol. The molecule has 1 aliphatic rings. The molecule has 7 nitrogen and oxygen atoms in total. The van der Waals surface area contributed by atoms with E-state index in [2.05, 4.69) is 51.3 Å². The Morgan fingerprint density at radius 3 is 3.16 bits per heavy atom. The van der Waals surface area contributed by atoms with Gasteiger partial charge in [0.1, 0.15) is 18.0 Å². The summed E-state index contributed by atoms with van der Waals surface area (Å²) in [6.45, 7) is 5.38. The molecule has 3 heterocycles. The molecule has 7 heteroatoms. The van der Waals surface area contributed by atoms with Crippen molar-refractivity contribution in [2.24, 2.45) is 5.92 Å². The number of fused-ring (bicyclic) bond motifs is 2. The van der Waals surface area contributed by atoms with Gasteiger partial charge >= 0.3 is 0 Å². The molecular weight excluding hydrogens is 316 g/mol. The van der Waals surface area contributed by atoms with Crippen molar-refractivity contribution < 1.29 is 4.79 Å². The number of carbonyl (C=O) groups is 1. The highest BCUT2D eigenvalue weighted by molar-refractivity contribution is 5.80. The molecule has 2 aromatic heterocycles. The van der Waals surface area contributed by atoms with Crippen molar-refractivity contribution in [1.82, 2.24) is 30.0 Å². The summed E-state index contributed by atoms with van der Waals surface area (Å²) < 4.78 is 1.83. The molecule has 1 unspecified atom stereocenters. The average Bonchev–Trinajstić information content (AvgIpc) is 3.24. The second-order valence-corrected chi connectivity index (χ2v) is 6.72. The van der Waals surface area contributed by atoms with Gasteiger partial charge in [-0.15, -0.1) is 0 Å². The van der Waals surface area contributed by atoms with Gasteiger partial charge < -0.3 is 10.3 Å². The Morgan fingerprint density at radius 2 is 2.28 bits per heavy atom. The number of aromatic nitrogens is 5. The molecule has 130 valence electrons. The molecule has 4 rings (SSSR count). The lowest BCUT2D eigenvalue weighted by atomic mass is 9.99. The first kappa shape index (κ1) is 15.8. The summed E-state index contributed by atoms with van der Waals surface area (Å²) in [4.78, 5) is 24.6. The second-order valence-electron chi connectivity index (χ2n) is 6.72. The van der Waals surface area contributed by atoms with E-state index in [-0.39, 0.29) is 11.8 Å². The molecule has 3 aromatic rings. The quantitative estimate of drug-likeness (QED) is 0.758. The van der Waals surface area contributed by atoms with Crippen molar-refractivity contribution in [2.45, 2.75) is 39.7 Å². The largest absolute Gasteiger partial charge is 0.355 e. The summed E-state index contributed by atoms with van der Waals surface area (Å²) in [6, 6.07) is 4.16. The minimum atomic E-state index is -0.0326. The van der Waals surface area contributed by atoms with Gasteiger partial charge in [0.2, 0.25) is 5.91 Å². The summed E-state index contributed by atoms with van der Waals surface area (Å²) in [5, 5.41) is 7.20. The maximum Gasteiger partial charge on any atom is 0.225 e. The van der Waals surface area contributed by atoms with Crippen molar-refractivity contribution in [3.8, 4) is 0 Å². The van der Waals surface area contributed by atoms with E-state index in [0.717, 1.165) is 35.5 Å². The number of imidazole rings is 1. The molecule has 1 aromatic carbocycles.